The van der Waals surface area contributed by atoms with Gasteiger partial charge in [-0.15, -0.1) is 0 Å². The van der Waals surface area contributed by atoms with Crippen LogP contribution in [-0.2, 0) is 0 Å². The Kier molecular flexibility index (Phi) is 5.36. The Labute approximate surface area is 126 Å². The fraction of sp³-hybridized carbons (Fsp3) is 0.500. The molecule has 1 amide bonds. The van der Waals surface area contributed by atoms with Crippen LogP contribution in [0.2, 0.25) is 0 Å². The molecular weight excluding hydrogens is 357 g/mol. The van der Waals surface area contributed by atoms with Crippen LogP contribution >= 0.6 is 34.4 Å². The van der Waals surface area contributed by atoms with Crippen molar-refractivity contribution in [1.29, 1.82) is 0 Å². The minimum absolute atomic E-state index is 0.0761. The van der Waals surface area contributed by atoms with E-state index in [-0.39, 0.29) is 5.91 Å². The zero-order valence-electron chi connectivity index (χ0n) is 10.5. The minimum Gasteiger partial charge on any atom is -0.349 e. The van der Waals surface area contributed by atoms with E-state index in [4.69, 9.17) is 0 Å². The van der Waals surface area contributed by atoms with Gasteiger partial charge in [-0.3, -0.25) is 4.79 Å². The highest BCUT2D eigenvalue weighted by atomic mass is 127. The zero-order valence-corrected chi connectivity index (χ0v) is 13.5. The monoisotopic (exact) mass is 375 g/mol. The molecule has 2 nitrogen and oxygen atoms in total. The van der Waals surface area contributed by atoms with Crippen LogP contribution < -0.4 is 5.32 Å². The molecule has 1 aliphatic rings. The first-order valence-corrected chi connectivity index (χ1v) is 8.50. The Bertz CT molecular complexity index is 424. The predicted octanol–water partition coefficient (Wildman–Crippen LogP) is 3.70. The van der Waals surface area contributed by atoms with E-state index in [0.29, 0.717) is 6.04 Å². The SMILES string of the molecule is CCSC1CCC(NC(=O)c2ccccc2I)C1. The molecule has 4 heteroatoms. The summed E-state index contributed by atoms with van der Waals surface area (Å²) in [5, 5.41) is 3.90. The standard InChI is InChI=1S/C14H18INOS/c1-2-18-11-8-7-10(9-11)16-14(17)12-5-3-4-6-13(12)15/h3-6,10-11H,2,7-9H2,1H3,(H,16,17). The highest BCUT2D eigenvalue weighted by molar-refractivity contribution is 14.1. The summed E-state index contributed by atoms with van der Waals surface area (Å²) in [7, 11) is 0. The summed E-state index contributed by atoms with van der Waals surface area (Å²) in [6.07, 6.45) is 3.47. The van der Waals surface area contributed by atoms with Crippen LogP contribution in [0.4, 0.5) is 0 Å². The molecule has 0 spiro atoms. The van der Waals surface area contributed by atoms with Gasteiger partial charge in [0.05, 0.1) is 5.56 Å². The summed E-state index contributed by atoms with van der Waals surface area (Å²) in [4.78, 5) is 12.2. The predicted molar refractivity (Wildman–Crippen MR) is 86.2 cm³/mol. The molecule has 1 aromatic carbocycles. The molecular formula is C14H18INOS. The lowest BCUT2D eigenvalue weighted by Crippen LogP contribution is -2.33. The van der Waals surface area contributed by atoms with E-state index in [1.807, 2.05) is 36.0 Å². The average molecular weight is 375 g/mol. The van der Waals surface area contributed by atoms with Crippen molar-refractivity contribution in [3.8, 4) is 0 Å². The van der Waals surface area contributed by atoms with Gasteiger partial charge in [-0.05, 0) is 59.7 Å². The van der Waals surface area contributed by atoms with Crippen LogP contribution in [0.5, 0.6) is 0 Å². The van der Waals surface area contributed by atoms with Crippen molar-refractivity contribution in [2.24, 2.45) is 0 Å². The molecule has 1 aliphatic carbocycles. The zero-order chi connectivity index (χ0) is 13.0. The van der Waals surface area contributed by atoms with E-state index >= 15 is 0 Å². The number of carbonyl (C=O) groups excluding carboxylic acids is 1. The molecule has 18 heavy (non-hydrogen) atoms. The van der Waals surface area contributed by atoms with E-state index in [1.54, 1.807) is 0 Å². The van der Waals surface area contributed by atoms with Crippen LogP contribution in [0.15, 0.2) is 24.3 Å². The lowest BCUT2D eigenvalue weighted by Gasteiger charge is -2.13. The fourth-order valence-corrected chi connectivity index (χ4v) is 4.14. The highest BCUT2D eigenvalue weighted by Gasteiger charge is 2.26. The van der Waals surface area contributed by atoms with E-state index in [1.165, 1.54) is 12.2 Å². The van der Waals surface area contributed by atoms with E-state index in [9.17, 15) is 4.79 Å². The van der Waals surface area contributed by atoms with Crippen molar-refractivity contribution in [1.82, 2.24) is 5.32 Å². The maximum atomic E-state index is 12.2. The van der Waals surface area contributed by atoms with Crippen molar-refractivity contribution in [2.75, 3.05) is 5.75 Å². The van der Waals surface area contributed by atoms with Crippen LogP contribution in [0.25, 0.3) is 0 Å². The van der Waals surface area contributed by atoms with Crippen molar-refractivity contribution in [3.05, 3.63) is 33.4 Å². The van der Waals surface area contributed by atoms with Crippen molar-refractivity contribution < 1.29 is 4.79 Å². The molecule has 0 radical (unpaired) electrons. The van der Waals surface area contributed by atoms with Crippen LogP contribution in [0.1, 0.15) is 36.5 Å². The second-order valence-electron chi connectivity index (χ2n) is 4.54. The number of hydrogen-bond donors (Lipinski definition) is 1. The molecule has 98 valence electrons. The second-order valence-corrected chi connectivity index (χ2v) is 7.28. The first-order valence-electron chi connectivity index (χ1n) is 6.37. The van der Waals surface area contributed by atoms with Gasteiger partial charge in [-0.25, -0.2) is 0 Å². The third kappa shape index (κ3) is 3.63. The van der Waals surface area contributed by atoms with Gasteiger partial charge >= 0.3 is 0 Å². The molecule has 0 aliphatic heterocycles. The van der Waals surface area contributed by atoms with Crippen molar-refractivity contribution in [2.45, 2.75) is 37.5 Å². The number of benzene rings is 1. The summed E-state index contributed by atoms with van der Waals surface area (Å²) >= 11 is 4.23. The Morgan fingerprint density at radius 2 is 2.22 bits per heavy atom. The molecule has 1 N–H and O–H groups in total. The fourth-order valence-electron chi connectivity index (χ4n) is 2.37. The van der Waals surface area contributed by atoms with Gasteiger partial charge in [0.1, 0.15) is 0 Å². The van der Waals surface area contributed by atoms with Crippen LogP contribution in [-0.4, -0.2) is 23.0 Å². The van der Waals surface area contributed by atoms with Crippen LogP contribution in [0.3, 0.4) is 0 Å². The first-order chi connectivity index (χ1) is 8.70. The molecule has 2 atom stereocenters. The largest absolute Gasteiger partial charge is 0.349 e. The average Bonchev–Trinajstić information content (AvgIpc) is 2.77. The van der Waals surface area contributed by atoms with Gasteiger partial charge in [0.2, 0.25) is 0 Å². The van der Waals surface area contributed by atoms with Gasteiger partial charge in [0, 0.05) is 14.9 Å². The molecule has 2 rings (SSSR count). The molecule has 0 bridgehead atoms. The summed E-state index contributed by atoms with van der Waals surface area (Å²) in [5.41, 5.74) is 0.796. The molecule has 0 saturated heterocycles. The lowest BCUT2D eigenvalue weighted by molar-refractivity contribution is 0.0937. The number of amides is 1. The number of halogens is 1. The maximum absolute atomic E-state index is 12.2. The van der Waals surface area contributed by atoms with E-state index in [2.05, 4.69) is 34.8 Å². The number of nitrogens with one attached hydrogen (secondary N) is 1. The Balaban J connectivity index is 1.91. The second kappa shape index (κ2) is 6.80. The van der Waals surface area contributed by atoms with Crippen molar-refractivity contribution >= 4 is 40.3 Å². The first kappa shape index (κ1) is 14.2. The van der Waals surface area contributed by atoms with E-state index < -0.39 is 0 Å². The van der Waals surface area contributed by atoms with Crippen molar-refractivity contribution in [3.63, 3.8) is 0 Å². The van der Waals surface area contributed by atoms with Gasteiger partial charge in [-0.2, -0.15) is 11.8 Å². The molecule has 0 aromatic heterocycles. The highest BCUT2D eigenvalue weighted by Crippen LogP contribution is 2.29. The summed E-state index contributed by atoms with van der Waals surface area (Å²) < 4.78 is 1.02. The van der Waals surface area contributed by atoms with Gasteiger partial charge in [0.15, 0.2) is 0 Å². The molecule has 1 aromatic rings. The van der Waals surface area contributed by atoms with Gasteiger partial charge in [0.25, 0.3) is 5.91 Å². The molecule has 1 fully saturated rings. The molecule has 0 heterocycles. The Morgan fingerprint density at radius 3 is 2.94 bits per heavy atom. The molecule has 1 saturated carbocycles. The number of hydrogen-bond acceptors (Lipinski definition) is 2. The maximum Gasteiger partial charge on any atom is 0.252 e. The number of thioether (sulfide) groups is 1. The topological polar surface area (TPSA) is 29.1 Å². The Hall–Kier alpha value is -0.230. The summed E-state index contributed by atoms with van der Waals surface area (Å²) in [6, 6.07) is 8.10. The number of rotatable bonds is 4. The van der Waals surface area contributed by atoms with Gasteiger partial charge < -0.3 is 5.32 Å². The number of carbonyl (C=O) groups is 1. The van der Waals surface area contributed by atoms with E-state index in [0.717, 1.165) is 27.2 Å². The third-order valence-electron chi connectivity index (χ3n) is 3.24. The summed E-state index contributed by atoms with van der Waals surface area (Å²) in [6.45, 7) is 2.20. The quantitative estimate of drug-likeness (QED) is 0.814. The minimum atomic E-state index is 0.0761. The summed E-state index contributed by atoms with van der Waals surface area (Å²) in [5.74, 6) is 1.24. The molecule has 2 unspecified atom stereocenters. The normalized spacial score (nSPS) is 23.0. The third-order valence-corrected chi connectivity index (χ3v) is 5.41. The smallest absolute Gasteiger partial charge is 0.252 e. The van der Waals surface area contributed by atoms with Crippen LogP contribution in [0, 0.1) is 3.57 Å². The lowest BCUT2D eigenvalue weighted by atomic mass is 10.2. The Morgan fingerprint density at radius 1 is 1.44 bits per heavy atom. The van der Waals surface area contributed by atoms with Gasteiger partial charge in [-0.1, -0.05) is 19.1 Å².